The predicted molar refractivity (Wildman–Crippen MR) is 94.7 cm³/mol. The number of allylic oxidation sites excluding steroid dienone is 2. The summed E-state index contributed by atoms with van der Waals surface area (Å²) in [6, 6.07) is 5.24. The van der Waals surface area contributed by atoms with Crippen LogP contribution in [-0.4, -0.2) is 53.6 Å². The normalized spacial score (nSPS) is 21.2. The van der Waals surface area contributed by atoms with Gasteiger partial charge in [0.1, 0.15) is 12.4 Å². The van der Waals surface area contributed by atoms with E-state index in [0.717, 1.165) is 9.80 Å². The summed E-state index contributed by atoms with van der Waals surface area (Å²) in [5.74, 6) is -2.81. The van der Waals surface area contributed by atoms with Gasteiger partial charge in [-0.2, -0.15) is 0 Å². The van der Waals surface area contributed by atoms with Crippen LogP contribution in [-0.2, 0) is 19.2 Å². The van der Waals surface area contributed by atoms with Crippen LogP contribution in [0, 0.1) is 17.7 Å². The first kappa shape index (κ1) is 18.8. The molecule has 8 heteroatoms. The highest BCUT2D eigenvalue weighted by atomic mass is 19.1. The number of nitrogens with zero attached hydrogens (tertiary/aromatic N) is 2. The quantitative estimate of drug-likeness (QED) is 0.620. The van der Waals surface area contributed by atoms with Crippen LogP contribution in [0.3, 0.4) is 0 Å². The van der Waals surface area contributed by atoms with E-state index in [1.54, 1.807) is 0 Å². The van der Waals surface area contributed by atoms with Crippen molar-refractivity contribution in [2.24, 2.45) is 11.8 Å². The van der Waals surface area contributed by atoms with Gasteiger partial charge in [0.25, 0.3) is 0 Å². The molecule has 0 unspecified atom stereocenters. The molecule has 0 radical (unpaired) electrons. The van der Waals surface area contributed by atoms with Crippen LogP contribution < -0.4 is 5.32 Å². The molecule has 1 aliphatic carbocycles. The number of amides is 4. The molecule has 7 nitrogen and oxygen atoms in total. The van der Waals surface area contributed by atoms with Gasteiger partial charge in [-0.25, -0.2) is 4.39 Å². The number of imide groups is 1. The van der Waals surface area contributed by atoms with Crippen LogP contribution in [0.15, 0.2) is 36.4 Å². The molecule has 27 heavy (non-hydrogen) atoms. The fourth-order valence-electron chi connectivity index (χ4n) is 3.32. The van der Waals surface area contributed by atoms with E-state index in [1.807, 2.05) is 12.2 Å². The second-order valence-electron chi connectivity index (χ2n) is 6.72. The molecular formula is C19H20FN3O4. The van der Waals surface area contributed by atoms with Crippen molar-refractivity contribution in [3.8, 4) is 0 Å². The maximum atomic E-state index is 12.9. The molecule has 1 fully saturated rings. The van der Waals surface area contributed by atoms with Crippen LogP contribution in [0.4, 0.5) is 10.1 Å². The highest BCUT2D eigenvalue weighted by molar-refractivity contribution is 6.07. The molecule has 1 heterocycles. The van der Waals surface area contributed by atoms with Gasteiger partial charge < -0.3 is 10.2 Å². The molecule has 0 aromatic heterocycles. The van der Waals surface area contributed by atoms with E-state index in [-0.39, 0.29) is 36.7 Å². The van der Waals surface area contributed by atoms with E-state index in [2.05, 4.69) is 5.32 Å². The summed E-state index contributed by atoms with van der Waals surface area (Å²) >= 11 is 0. The maximum absolute atomic E-state index is 12.9. The molecule has 0 saturated carbocycles. The Kier molecular flexibility index (Phi) is 5.34. The number of benzene rings is 1. The number of hydrogen-bond acceptors (Lipinski definition) is 4. The number of fused-ring (bicyclic) bond motifs is 1. The minimum absolute atomic E-state index is 0.249. The Morgan fingerprint density at radius 2 is 1.67 bits per heavy atom. The molecule has 2 aliphatic rings. The third-order valence-corrected chi connectivity index (χ3v) is 4.83. The lowest BCUT2D eigenvalue weighted by Crippen LogP contribution is -2.44. The molecule has 1 aliphatic heterocycles. The van der Waals surface area contributed by atoms with Crippen molar-refractivity contribution in [2.75, 3.05) is 25.5 Å². The van der Waals surface area contributed by atoms with E-state index < -0.39 is 17.6 Å². The molecule has 2 atom stereocenters. The standard InChI is InChI=1S/C19H20FN3O4/c1-22(10-16(24)21-13-8-6-12(20)7-9-13)17(25)11-23-18(26)14-4-2-3-5-15(14)19(23)27/h2-3,6-9,14-15H,4-5,10-11H2,1H3,(H,21,24)/t14-,15+. The first-order valence-corrected chi connectivity index (χ1v) is 8.66. The summed E-state index contributed by atoms with van der Waals surface area (Å²) in [6.07, 6.45) is 4.78. The first-order chi connectivity index (χ1) is 12.9. The van der Waals surface area contributed by atoms with Gasteiger partial charge in [0.05, 0.1) is 18.4 Å². The summed E-state index contributed by atoms with van der Waals surface area (Å²) in [6.45, 7) is -0.619. The molecule has 0 bridgehead atoms. The van der Waals surface area contributed by atoms with Gasteiger partial charge in [-0.05, 0) is 37.1 Å². The van der Waals surface area contributed by atoms with E-state index >= 15 is 0 Å². The Morgan fingerprint density at radius 3 is 2.22 bits per heavy atom. The number of rotatable bonds is 5. The highest BCUT2D eigenvalue weighted by Crippen LogP contribution is 2.34. The van der Waals surface area contributed by atoms with Gasteiger partial charge in [0.2, 0.25) is 23.6 Å². The van der Waals surface area contributed by atoms with Crippen LogP contribution in [0.5, 0.6) is 0 Å². The van der Waals surface area contributed by atoms with Gasteiger partial charge in [-0.15, -0.1) is 0 Å². The molecule has 1 N–H and O–H groups in total. The van der Waals surface area contributed by atoms with E-state index in [4.69, 9.17) is 0 Å². The minimum Gasteiger partial charge on any atom is -0.335 e. The number of halogens is 1. The molecule has 1 aromatic carbocycles. The Bertz CT molecular complexity index is 780. The van der Waals surface area contributed by atoms with E-state index in [0.29, 0.717) is 18.5 Å². The molecule has 1 saturated heterocycles. The molecular weight excluding hydrogens is 353 g/mol. The number of carbonyl (C=O) groups excluding carboxylic acids is 4. The number of nitrogens with one attached hydrogen (secondary N) is 1. The summed E-state index contributed by atoms with van der Waals surface area (Å²) in [5.41, 5.74) is 0.406. The van der Waals surface area contributed by atoms with Crippen LogP contribution >= 0.6 is 0 Å². The number of likely N-dealkylation sites (tertiary alicyclic amines) is 1. The number of hydrogen-bond donors (Lipinski definition) is 1. The SMILES string of the molecule is CN(CC(=O)Nc1ccc(F)cc1)C(=O)CN1C(=O)[C@H]2CC=CC[C@H]2C1=O. The van der Waals surface area contributed by atoms with Crippen molar-refractivity contribution in [2.45, 2.75) is 12.8 Å². The van der Waals surface area contributed by atoms with Gasteiger partial charge >= 0.3 is 0 Å². The Labute approximate surface area is 155 Å². The third-order valence-electron chi connectivity index (χ3n) is 4.83. The average molecular weight is 373 g/mol. The lowest BCUT2D eigenvalue weighted by molar-refractivity contribution is -0.146. The van der Waals surface area contributed by atoms with Crippen molar-refractivity contribution in [1.82, 2.24) is 9.80 Å². The Hall–Kier alpha value is -3.03. The lowest BCUT2D eigenvalue weighted by Gasteiger charge is -2.20. The lowest BCUT2D eigenvalue weighted by atomic mass is 9.85. The average Bonchev–Trinajstić information content (AvgIpc) is 2.89. The van der Waals surface area contributed by atoms with Crippen LogP contribution in [0.1, 0.15) is 12.8 Å². The van der Waals surface area contributed by atoms with Gasteiger partial charge in [0, 0.05) is 12.7 Å². The Balaban J connectivity index is 1.54. The van der Waals surface area contributed by atoms with Gasteiger partial charge in [-0.3, -0.25) is 24.1 Å². The van der Waals surface area contributed by atoms with Crippen LogP contribution in [0.25, 0.3) is 0 Å². The zero-order valence-corrected chi connectivity index (χ0v) is 14.9. The molecule has 0 spiro atoms. The topological polar surface area (TPSA) is 86.8 Å². The highest BCUT2D eigenvalue weighted by Gasteiger charge is 2.47. The summed E-state index contributed by atoms with van der Waals surface area (Å²) in [4.78, 5) is 51.3. The molecule has 1 aromatic rings. The van der Waals surface area contributed by atoms with Crippen molar-refractivity contribution in [3.63, 3.8) is 0 Å². The number of likely N-dealkylation sites (N-methyl/N-ethyl adjacent to an activating group) is 1. The second-order valence-corrected chi connectivity index (χ2v) is 6.72. The molecule has 142 valence electrons. The third kappa shape index (κ3) is 4.05. The molecule has 3 rings (SSSR count). The zero-order chi connectivity index (χ0) is 19.6. The smallest absolute Gasteiger partial charge is 0.243 e. The summed E-state index contributed by atoms with van der Waals surface area (Å²) < 4.78 is 12.9. The van der Waals surface area contributed by atoms with E-state index in [9.17, 15) is 23.6 Å². The number of anilines is 1. The largest absolute Gasteiger partial charge is 0.335 e. The predicted octanol–water partition coefficient (Wildman–Crippen LogP) is 1.17. The van der Waals surface area contributed by atoms with Crippen molar-refractivity contribution in [3.05, 3.63) is 42.2 Å². The number of carbonyl (C=O) groups is 4. The zero-order valence-electron chi connectivity index (χ0n) is 14.9. The maximum Gasteiger partial charge on any atom is 0.243 e. The Morgan fingerprint density at radius 1 is 1.11 bits per heavy atom. The van der Waals surface area contributed by atoms with Crippen molar-refractivity contribution >= 4 is 29.3 Å². The van der Waals surface area contributed by atoms with Gasteiger partial charge in [0.15, 0.2) is 0 Å². The minimum atomic E-state index is -0.502. The fraction of sp³-hybridized carbons (Fsp3) is 0.368. The van der Waals surface area contributed by atoms with E-state index in [1.165, 1.54) is 31.3 Å². The summed E-state index contributed by atoms with van der Waals surface area (Å²) in [5, 5.41) is 2.55. The molecule has 4 amide bonds. The first-order valence-electron chi connectivity index (χ1n) is 8.66. The second kappa shape index (κ2) is 7.69. The van der Waals surface area contributed by atoms with Gasteiger partial charge in [-0.1, -0.05) is 12.2 Å². The monoisotopic (exact) mass is 373 g/mol. The summed E-state index contributed by atoms with van der Waals surface area (Å²) in [7, 11) is 1.42. The van der Waals surface area contributed by atoms with Crippen molar-refractivity contribution in [1.29, 1.82) is 0 Å². The fourth-order valence-corrected chi connectivity index (χ4v) is 3.32. The van der Waals surface area contributed by atoms with Crippen molar-refractivity contribution < 1.29 is 23.6 Å². The van der Waals surface area contributed by atoms with Crippen LogP contribution in [0.2, 0.25) is 0 Å².